The van der Waals surface area contributed by atoms with Crippen molar-refractivity contribution in [2.75, 3.05) is 16.5 Å². The van der Waals surface area contributed by atoms with Crippen molar-refractivity contribution in [1.82, 2.24) is 9.55 Å². The average molecular weight is 977 g/mol. The van der Waals surface area contributed by atoms with Crippen LogP contribution in [-0.4, -0.2) is 16.2 Å². The van der Waals surface area contributed by atoms with E-state index in [1.807, 2.05) is 6.20 Å². The Kier molecular flexibility index (Phi) is 12.7. The second-order valence-electron chi connectivity index (χ2n) is 25.1. The van der Waals surface area contributed by atoms with E-state index in [0.29, 0.717) is 18.5 Å². The molecule has 0 atom stereocenters. The summed E-state index contributed by atoms with van der Waals surface area (Å²) in [7, 11) is 0. The van der Waals surface area contributed by atoms with Gasteiger partial charge in [0.05, 0.1) is 22.4 Å². The first-order valence-electron chi connectivity index (χ1n) is 26.9. The number of para-hydroxylation sites is 1. The maximum Gasteiger partial charge on any atom is 0.137 e. The third kappa shape index (κ3) is 9.29. The summed E-state index contributed by atoms with van der Waals surface area (Å²) in [6.07, 6.45) is 1.96. The summed E-state index contributed by atoms with van der Waals surface area (Å²) in [4.78, 5) is 10.1. The minimum Gasteiger partial charge on any atom is -0.457 e. The third-order valence-electron chi connectivity index (χ3n) is 15.6. The molecule has 0 radical (unpaired) electrons. The number of anilines is 4. The molecular formula is C69H76N4O. The van der Waals surface area contributed by atoms with Gasteiger partial charge in [0.2, 0.25) is 0 Å². The normalized spacial score (nSPS) is 13.5. The Hall–Kier alpha value is -7.11. The van der Waals surface area contributed by atoms with Gasteiger partial charge in [-0.05, 0) is 139 Å². The lowest BCUT2D eigenvalue weighted by Crippen LogP contribution is -2.24. The maximum absolute atomic E-state index is 7.53. The van der Waals surface area contributed by atoms with Crippen molar-refractivity contribution in [3.8, 4) is 28.4 Å². The van der Waals surface area contributed by atoms with Gasteiger partial charge in [-0.1, -0.05) is 189 Å². The van der Waals surface area contributed by atoms with Crippen LogP contribution in [0.3, 0.4) is 0 Å². The first kappa shape index (κ1) is 50.4. The molecule has 0 unspecified atom stereocenters. The lowest BCUT2D eigenvalue weighted by atomic mass is 9.76. The first-order chi connectivity index (χ1) is 35.0. The number of pyridine rings is 1. The third-order valence-corrected chi connectivity index (χ3v) is 15.6. The molecule has 3 heterocycles. The van der Waals surface area contributed by atoms with Crippen LogP contribution >= 0.6 is 0 Å². The smallest absolute Gasteiger partial charge is 0.137 e. The number of fused-ring (bicyclic) bond motifs is 4. The summed E-state index contributed by atoms with van der Waals surface area (Å²) in [5, 5.41) is 2.39. The minimum atomic E-state index is -0.400. The van der Waals surface area contributed by atoms with Crippen LogP contribution in [0.1, 0.15) is 155 Å². The van der Waals surface area contributed by atoms with Crippen molar-refractivity contribution in [2.24, 2.45) is 0 Å². The van der Waals surface area contributed by atoms with E-state index >= 15 is 0 Å². The number of rotatable bonds is 10. The van der Waals surface area contributed by atoms with Crippen LogP contribution < -0.4 is 14.5 Å². The number of ether oxygens (including phenoxy) is 1. The lowest BCUT2D eigenvalue weighted by molar-refractivity contribution is 0.481. The fourth-order valence-corrected chi connectivity index (χ4v) is 11.2. The second-order valence-corrected chi connectivity index (χ2v) is 25.1. The maximum atomic E-state index is 7.53. The van der Waals surface area contributed by atoms with Crippen molar-refractivity contribution in [3.05, 3.63) is 203 Å². The number of aromatic nitrogens is 2. The molecule has 7 aromatic carbocycles. The molecular weight excluding hydrogens is 901 g/mol. The summed E-state index contributed by atoms with van der Waals surface area (Å²) in [5.74, 6) is 3.06. The fourth-order valence-electron chi connectivity index (χ4n) is 11.2. The van der Waals surface area contributed by atoms with Crippen molar-refractivity contribution >= 4 is 44.6 Å². The quantitative estimate of drug-likeness (QED) is 0.137. The van der Waals surface area contributed by atoms with E-state index in [4.69, 9.17) is 9.72 Å². The zero-order valence-corrected chi connectivity index (χ0v) is 46.6. The minimum absolute atomic E-state index is 0.00450. The van der Waals surface area contributed by atoms with Crippen molar-refractivity contribution in [3.63, 3.8) is 0 Å². The Morgan fingerprint density at radius 2 is 1.07 bits per heavy atom. The van der Waals surface area contributed by atoms with E-state index in [1.54, 1.807) is 0 Å². The number of nitrogens with zero attached hydrogens (tertiary/aromatic N) is 4. The molecule has 0 fully saturated rings. The summed E-state index contributed by atoms with van der Waals surface area (Å²) in [5.41, 5.74) is 17.7. The van der Waals surface area contributed by atoms with E-state index in [9.17, 15) is 0 Å². The van der Waals surface area contributed by atoms with Crippen molar-refractivity contribution in [2.45, 2.75) is 137 Å². The Morgan fingerprint density at radius 1 is 0.473 bits per heavy atom. The van der Waals surface area contributed by atoms with Crippen LogP contribution in [0.4, 0.5) is 22.7 Å². The van der Waals surface area contributed by atoms with E-state index in [0.717, 1.165) is 39.6 Å². The van der Waals surface area contributed by atoms with Crippen LogP contribution in [0.25, 0.3) is 38.8 Å². The molecule has 5 heteroatoms. The Labute approximate surface area is 441 Å². The highest BCUT2D eigenvalue weighted by Gasteiger charge is 2.33. The molecule has 5 nitrogen and oxygen atoms in total. The SMILES string of the molecule is CC(C)c1cccc(C(C)C)c1-c1cc(Oc2cc(C(C)(C)c3ccccc3)c3c4ccccc4n(-c4cc(C(C)(C)C)ccn4)c3c2)cc(N2CN(c3cccc(C(C)(C)C)c3)c3cc(C(C)(C)C)ccc32)c1. The molecule has 0 bridgehead atoms. The van der Waals surface area contributed by atoms with Crippen molar-refractivity contribution < 1.29 is 4.74 Å². The summed E-state index contributed by atoms with van der Waals surface area (Å²) >= 11 is 0. The monoisotopic (exact) mass is 977 g/mol. The fraction of sp³-hybridized carbons (Fsp3) is 0.319. The Morgan fingerprint density at radius 3 is 1.74 bits per heavy atom. The van der Waals surface area contributed by atoms with Crippen LogP contribution in [0.15, 0.2) is 164 Å². The van der Waals surface area contributed by atoms with Gasteiger partial charge in [0.1, 0.15) is 24.0 Å². The van der Waals surface area contributed by atoms with E-state index < -0.39 is 5.41 Å². The molecule has 378 valence electrons. The average Bonchev–Trinajstić information content (AvgIpc) is 3.91. The highest BCUT2D eigenvalue weighted by molar-refractivity contribution is 6.12. The molecule has 0 N–H and O–H groups in total. The van der Waals surface area contributed by atoms with Crippen molar-refractivity contribution in [1.29, 1.82) is 0 Å². The van der Waals surface area contributed by atoms with Gasteiger partial charge in [-0.15, -0.1) is 0 Å². The predicted octanol–water partition coefficient (Wildman–Crippen LogP) is 19.4. The molecule has 1 aliphatic heterocycles. The van der Waals surface area contributed by atoms with Gasteiger partial charge >= 0.3 is 0 Å². The van der Waals surface area contributed by atoms with Gasteiger partial charge in [-0.25, -0.2) is 4.98 Å². The van der Waals surface area contributed by atoms with Gasteiger partial charge in [-0.3, -0.25) is 4.57 Å². The van der Waals surface area contributed by atoms with Crippen LogP contribution in [0.5, 0.6) is 11.5 Å². The van der Waals surface area contributed by atoms with Gasteiger partial charge in [0.15, 0.2) is 0 Å². The molecule has 0 saturated carbocycles. The summed E-state index contributed by atoms with van der Waals surface area (Å²) in [6, 6.07) is 58.7. The predicted molar refractivity (Wildman–Crippen MR) is 315 cm³/mol. The highest BCUT2D eigenvalue weighted by atomic mass is 16.5. The van der Waals surface area contributed by atoms with Gasteiger partial charge in [0, 0.05) is 45.9 Å². The first-order valence-corrected chi connectivity index (χ1v) is 26.9. The summed E-state index contributed by atoms with van der Waals surface area (Å²) < 4.78 is 9.88. The van der Waals surface area contributed by atoms with Crippen LogP contribution in [0, 0.1) is 0 Å². The van der Waals surface area contributed by atoms with Gasteiger partial charge in [0.25, 0.3) is 0 Å². The molecule has 10 rings (SSSR count). The largest absolute Gasteiger partial charge is 0.457 e. The molecule has 0 spiro atoms. The van der Waals surface area contributed by atoms with E-state index in [1.165, 1.54) is 72.3 Å². The Bertz CT molecular complexity index is 3530. The molecule has 0 amide bonds. The molecule has 74 heavy (non-hydrogen) atoms. The van der Waals surface area contributed by atoms with E-state index in [-0.39, 0.29) is 16.2 Å². The van der Waals surface area contributed by atoms with Gasteiger partial charge in [-0.2, -0.15) is 0 Å². The number of benzene rings is 7. The highest BCUT2D eigenvalue weighted by Crippen LogP contribution is 2.50. The molecule has 9 aromatic rings. The molecule has 2 aromatic heterocycles. The standard InChI is InChI=1S/C69H76N4O/c1-44(2)55-28-22-29-56(45(3)4)64(55)46-35-52(72-43-71(51-26-21-25-48(37-51)66(5,6)7)61-38-49(67(8,9)10)31-32-60(61)72)40-53(36-46)74-54-41-58(69(14,15)47-23-17-16-18-24-47)65-57-27-19-20-30-59(57)73(62(65)42-54)63-39-50(33-34-70-63)68(11,12)13/h16-42,44-45H,43H2,1-15H3. The topological polar surface area (TPSA) is 33.5 Å². The Balaban J connectivity index is 1.23. The molecule has 1 aliphatic rings. The van der Waals surface area contributed by atoms with Gasteiger partial charge < -0.3 is 14.5 Å². The molecule has 0 saturated heterocycles. The van der Waals surface area contributed by atoms with E-state index in [2.05, 4.69) is 276 Å². The zero-order chi connectivity index (χ0) is 52.6. The molecule has 0 aliphatic carbocycles. The zero-order valence-electron chi connectivity index (χ0n) is 46.6. The summed E-state index contributed by atoms with van der Waals surface area (Å²) in [6.45, 7) is 35.2. The number of hydrogen-bond donors (Lipinski definition) is 0. The second kappa shape index (κ2) is 18.7. The lowest BCUT2D eigenvalue weighted by Gasteiger charge is -2.28. The number of hydrogen-bond acceptors (Lipinski definition) is 4. The van der Waals surface area contributed by atoms with Crippen LogP contribution in [-0.2, 0) is 21.7 Å². The van der Waals surface area contributed by atoms with Crippen LogP contribution in [0.2, 0.25) is 0 Å².